The van der Waals surface area contributed by atoms with Crippen molar-refractivity contribution in [2.24, 2.45) is 5.73 Å². The van der Waals surface area contributed by atoms with E-state index in [1.54, 1.807) is 0 Å². The first kappa shape index (κ1) is 17.1. The number of hydrogen-bond donors (Lipinski definition) is 2. The first-order valence-electron chi connectivity index (χ1n) is 6.13. The predicted octanol–water partition coefficient (Wildman–Crippen LogP) is -0.0270. The number of nitrogens with one attached hydrogen (secondary N) is 1. The van der Waals surface area contributed by atoms with Crippen LogP contribution in [0, 0.1) is 10.1 Å². The zero-order chi connectivity index (χ0) is 16.0. The second-order valence-corrected chi connectivity index (χ2v) is 6.93. The molecule has 0 aliphatic heterocycles. The number of nitro groups is 1. The van der Waals surface area contributed by atoms with E-state index in [1.807, 2.05) is 0 Å². The van der Waals surface area contributed by atoms with E-state index in [0.29, 0.717) is 5.56 Å². The van der Waals surface area contributed by atoms with Gasteiger partial charge in [0.25, 0.3) is 5.69 Å². The fourth-order valence-electron chi connectivity index (χ4n) is 1.53. The second kappa shape index (κ2) is 7.14. The summed E-state index contributed by atoms with van der Waals surface area (Å²) in [6, 6.07) is 4.83. The van der Waals surface area contributed by atoms with Crippen LogP contribution < -0.4 is 11.1 Å². The molecule has 0 aromatic heterocycles. The highest BCUT2D eigenvalue weighted by Crippen LogP contribution is 2.11. The number of nitro benzene ring substituents is 1. The summed E-state index contributed by atoms with van der Waals surface area (Å²) in [5, 5.41) is 13.0. The summed E-state index contributed by atoms with van der Waals surface area (Å²) < 4.78 is 22.0. The van der Waals surface area contributed by atoms with Crippen LogP contribution in [0.3, 0.4) is 0 Å². The summed E-state index contributed by atoms with van der Waals surface area (Å²) in [5.41, 5.74) is 6.24. The molecule has 3 N–H and O–H groups in total. The number of nitrogens with two attached hydrogens (primary N) is 1. The normalized spacial score (nSPS) is 12.7. The summed E-state index contributed by atoms with van der Waals surface area (Å²) in [6.07, 6.45) is 1.12. The van der Waals surface area contributed by atoms with E-state index in [1.165, 1.54) is 24.3 Å². The SMILES string of the molecule is CS(=O)(=O)CCC(N)C(=O)NCc1ccc([N+](=O)[O-])cc1. The number of carbonyl (C=O) groups excluding carboxylic acids is 1. The first-order valence-corrected chi connectivity index (χ1v) is 8.19. The van der Waals surface area contributed by atoms with Gasteiger partial charge in [-0.3, -0.25) is 14.9 Å². The molecule has 0 heterocycles. The van der Waals surface area contributed by atoms with Crippen LogP contribution in [0.4, 0.5) is 5.69 Å². The lowest BCUT2D eigenvalue weighted by Gasteiger charge is -2.11. The molecule has 0 saturated heterocycles. The Labute approximate surface area is 122 Å². The Morgan fingerprint density at radius 1 is 1.38 bits per heavy atom. The van der Waals surface area contributed by atoms with Crippen LogP contribution in [0.25, 0.3) is 0 Å². The van der Waals surface area contributed by atoms with Gasteiger partial charge >= 0.3 is 0 Å². The molecule has 1 aromatic carbocycles. The zero-order valence-electron chi connectivity index (χ0n) is 11.5. The molecule has 1 rings (SSSR count). The molecule has 0 aliphatic carbocycles. The molecule has 1 aromatic rings. The van der Waals surface area contributed by atoms with E-state index >= 15 is 0 Å². The van der Waals surface area contributed by atoms with E-state index in [4.69, 9.17) is 5.73 Å². The Bertz CT molecular complexity index is 612. The highest BCUT2D eigenvalue weighted by atomic mass is 32.2. The molecule has 1 unspecified atom stereocenters. The zero-order valence-corrected chi connectivity index (χ0v) is 12.3. The molecule has 1 amide bonds. The van der Waals surface area contributed by atoms with Crippen molar-refractivity contribution in [3.8, 4) is 0 Å². The number of benzene rings is 1. The summed E-state index contributed by atoms with van der Waals surface area (Å²) in [4.78, 5) is 21.6. The van der Waals surface area contributed by atoms with Crippen LogP contribution in [0.1, 0.15) is 12.0 Å². The van der Waals surface area contributed by atoms with Gasteiger partial charge in [-0.2, -0.15) is 0 Å². The summed E-state index contributed by atoms with van der Waals surface area (Å²) in [6.45, 7) is 0.170. The lowest BCUT2D eigenvalue weighted by molar-refractivity contribution is -0.384. The Morgan fingerprint density at radius 2 is 1.95 bits per heavy atom. The van der Waals surface area contributed by atoms with Crippen LogP contribution in [-0.2, 0) is 21.2 Å². The average molecular weight is 315 g/mol. The third-order valence-electron chi connectivity index (χ3n) is 2.75. The van der Waals surface area contributed by atoms with Gasteiger partial charge < -0.3 is 11.1 Å². The molecule has 9 heteroatoms. The van der Waals surface area contributed by atoms with Gasteiger partial charge in [0.2, 0.25) is 5.91 Å². The number of rotatable bonds is 7. The van der Waals surface area contributed by atoms with Crippen molar-refractivity contribution in [2.45, 2.75) is 19.0 Å². The summed E-state index contributed by atoms with van der Waals surface area (Å²) in [7, 11) is -3.16. The molecule has 8 nitrogen and oxygen atoms in total. The van der Waals surface area contributed by atoms with Crippen LogP contribution in [-0.4, -0.2) is 37.3 Å². The standard InChI is InChI=1S/C12H17N3O5S/c1-21(19,20)7-6-11(13)12(16)14-8-9-2-4-10(5-3-9)15(17)18/h2-5,11H,6-8,13H2,1H3,(H,14,16). The van der Waals surface area contributed by atoms with Gasteiger partial charge in [-0.05, 0) is 12.0 Å². The smallest absolute Gasteiger partial charge is 0.269 e. The van der Waals surface area contributed by atoms with Crippen molar-refractivity contribution in [1.82, 2.24) is 5.32 Å². The highest BCUT2D eigenvalue weighted by molar-refractivity contribution is 7.90. The van der Waals surface area contributed by atoms with Crippen molar-refractivity contribution >= 4 is 21.4 Å². The Kier molecular flexibility index (Phi) is 5.79. The Hall–Kier alpha value is -2.00. The molecule has 0 saturated carbocycles. The Morgan fingerprint density at radius 3 is 2.43 bits per heavy atom. The minimum Gasteiger partial charge on any atom is -0.351 e. The maximum atomic E-state index is 11.7. The summed E-state index contributed by atoms with van der Waals surface area (Å²) >= 11 is 0. The molecule has 0 bridgehead atoms. The molecular formula is C12H17N3O5S. The minimum absolute atomic E-state index is 0.0325. The van der Waals surface area contributed by atoms with E-state index < -0.39 is 26.7 Å². The van der Waals surface area contributed by atoms with Crippen LogP contribution in [0.15, 0.2) is 24.3 Å². The predicted molar refractivity (Wildman–Crippen MR) is 77.2 cm³/mol. The third kappa shape index (κ3) is 6.32. The van der Waals surface area contributed by atoms with Crippen molar-refractivity contribution in [1.29, 1.82) is 0 Å². The van der Waals surface area contributed by atoms with Crippen molar-refractivity contribution in [3.05, 3.63) is 39.9 Å². The van der Waals surface area contributed by atoms with Gasteiger partial charge in [0.15, 0.2) is 0 Å². The first-order chi connectivity index (χ1) is 9.69. The topological polar surface area (TPSA) is 132 Å². The number of carbonyl (C=O) groups is 1. The number of nitrogens with zero attached hydrogens (tertiary/aromatic N) is 1. The molecule has 0 radical (unpaired) electrons. The van der Waals surface area contributed by atoms with Gasteiger partial charge in [-0.15, -0.1) is 0 Å². The molecule has 1 atom stereocenters. The number of hydrogen-bond acceptors (Lipinski definition) is 6. The maximum absolute atomic E-state index is 11.7. The average Bonchev–Trinajstić information content (AvgIpc) is 2.41. The van der Waals surface area contributed by atoms with Gasteiger partial charge in [0.1, 0.15) is 9.84 Å². The van der Waals surface area contributed by atoms with E-state index in [-0.39, 0.29) is 24.4 Å². The van der Waals surface area contributed by atoms with E-state index in [0.717, 1.165) is 6.26 Å². The lowest BCUT2D eigenvalue weighted by atomic mass is 10.2. The van der Waals surface area contributed by atoms with E-state index in [9.17, 15) is 23.3 Å². The fraction of sp³-hybridized carbons (Fsp3) is 0.417. The van der Waals surface area contributed by atoms with Crippen LogP contribution >= 0.6 is 0 Å². The number of sulfone groups is 1. The monoisotopic (exact) mass is 315 g/mol. The maximum Gasteiger partial charge on any atom is 0.269 e. The minimum atomic E-state index is -3.16. The van der Waals surface area contributed by atoms with Crippen molar-refractivity contribution in [3.63, 3.8) is 0 Å². The van der Waals surface area contributed by atoms with E-state index in [2.05, 4.69) is 5.32 Å². The highest BCUT2D eigenvalue weighted by Gasteiger charge is 2.15. The van der Waals surface area contributed by atoms with Gasteiger partial charge in [0, 0.05) is 24.9 Å². The lowest BCUT2D eigenvalue weighted by Crippen LogP contribution is -2.41. The number of non-ortho nitro benzene ring substituents is 1. The van der Waals surface area contributed by atoms with Crippen LogP contribution in [0.2, 0.25) is 0 Å². The summed E-state index contributed by atoms with van der Waals surface area (Å²) in [5.74, 6) is -0.615. The molecular weight excluding hydrogens is 298 g/mol. The molecule has 116 valence electrons. The molecule has 0 aliphatic rings. The van der Waals surface area contributed by atoms with Gasteiger partial charge in [-0.25, -0.2) is 8.42 Å². The van der Waals surface area contributed by atoms with Crippen LogP contribution in [0.5, 0.6) is 0 Å². The quantitative estimate of drug-likeness (QED) is 0.536. The van der Waals surface area contributed by atoms with Gasteiger partial charge in [-0.1, -0.05) is 12.1 Å². The fourth-order valence-corrected chi connectivity index (χ4v) is 2.21. The van der Waals surface area contributed by atoms with Crippen molar-refractivity contribution in [2.75, 3.05) is 12.0 Å². The molecule has 0 spiro atoms. The largest absolute Gasteiger partial charge is 0.351 e. The third-order valence-corrected chi connectivity index (χ3v) is 3.73. The molecule has 21 heavy (non-hydrogen) atoms. The van der Waals surface area contributed by atoms with Gasteiger partial charge in [0.05, 0.1) is 16.7 Å². The van der Waals surface area contributed by atoms with Crippen molar-refractivity contribution < 1.29 is 18.1 Å². The number of amides is 1. The Balaban J connectivity index is 2.47. The molecule has 0 fully saturated rings. The second-order valence-electron chi connectivity index (χ2n) is 4.67.